The molecule has 2 rings (SSSR count). The van der Waals surface area contributed by atoms with Crippen LogP contribution in [-0.2, 0) is 0 Å². The van der Waals surface area contributed by atoms with E-state index in [1.165, 1.54) is 32.4 Å². The fraction of sp³-hybridized carbons (Fsp3) is 1.00. The molecule has 2 fully saturated rings. The molecule has 1 heterocycles. The van der Waals surface area contributed by atoms with E-state index in [1.807, 2.05) is 0 Å². The zero-order chi connectivity index (χ0) is 9.42. The highest BCUT2D eigenvalue weighted by Crippen LogP contribution is 2.35. The van der Waals surface area contributed by atoms with Crippen LogP contribution in [0.15, 0.2) is 0 Å². The summed E-state index contributed by atoms with van der Waals surface area (Å²) in [4.78, 5) is 2.67. The minimum Gasteiger partial charge on any atom is -0.328 e. The number of nitrogens with two attached hydrogens (primary N) is 1. The van der Waals surface area contributed by atoms with Crippen LogP contribution in [0.4, 0.5) is 0 Å². The van der Waals surface area contributed by atoms with Crippen molar-refractivity contribution >= 4 is 0 Å². The van der Waals surface area contributed by atoms with E-state index >= 15 is 0 Å². The van der Waals surface area contributed by atoms with Gasteiger partial charge >= 0.3 is 0 Å². The summed E-state index contributed by atoms with van der Waals surface area (Å²) >= 11 is 0. The van der Waals surface area contributed by atoms with Crippen molar-refractivity contribution in [1.82, 2.24) is 4.90 Å². The third-order valence-electron chi connectivity index (χ3n) is 4.04. The molecule has 1 saturated carbocycles. The molecule has 2 heteroatoms. The molecule has 0 aromatic rings. The van der Waals surface area contributed by atoms with Crippen LogP contribution in [0.2, 0.25) is 0 Å². The fourth-order valence-corrected chi connectivity index (χ4v) is 2.74. The second-order valence-electron chi connectivity index (χ2n) is 5.02. The van der Waals surface area contributed by atoms with E-state index in [2.05, 4.69) is 18.7 Å². The van der Waals surface area contributed by atoms with Gasteiger partial charge in [-0.05, 0) is 44.6 Å². The van der Waals surface area contributed by atoms with Crippen LogP contribution >= 0.6 is 0 Å². The summed E-state index contributed by atoms with van der Waals surface area (Å²) in [6.45, 7) is 7.08. The first kappa shape index (κ1) is 9.47. The van der Waals surface area contributed by atoms with Crippen molar-refractivity contribution in [3.63, 3.8) is 0 Å². The normalized spacial score (nSPS) is 43.2. The molecular weight excluding hydrogens is 160 g/mol. The lowest BCUT2D eigenvalue weighted by Crippen LogP contribution is -2.45. The van der Waals surface area contributed by atoms with Gasteiger partial charge in [0, 0.05) is 18.6 Å². The van der Waals surface area contributed by atoms with Gasteiger partial charge in [0.2, 0.25) is 0 Å². The lowest BCUT2D eigenvalue weighted by molar-refractivity contribution is 0.0901. The number of hydrogen-bond donors (Lipinski definition) is 1. The number of hydrogen-bond acceptors (Lipinski definition) is 2. The first-order valence-corrected chi connectivity index (χ1v) is 5.68. The lowest BCUT2D eigenvalue weighted by atomic mass is 9.80. The molecule has 0 radical (unpaired) electrons. The topological polar surface area (TPSA) is 29.3 Å². The van der Waals surface area contributed by atoms with Gasteiger partial charge in [-0.25, -0.2) is 0 Å². The zero-order valence-corrected chi connectivity index (χ0v) is 8.87. The first-order valence-electron chi connectivity index (χ1n) is 5.68. The summed E-state index contributed by atoms with van der Waals surface area (Å²) in [5.74, 6) is 1.69. The smallest absolute Gasteiger partial charge is 0.0121 e. The van der Waals surface area contributed by atoms with E-state index in [0.717, 1.165) is 17.9 Å². The predicted molar refractivity (Wildman–Crippen MR) is 55.5 cm³/mol. The van der Waals surface area contributed by atoms with Crippen LogP contribution in [0.1, 0.15) is 33.1 Å². The standard InChI is InChI=1S/C11H22N2/c1-8-3-4-11(8)13-6-5-10(7-13)9(2)12/h8-11H,3-7,12H2,1-2H3. The van der Waals surface area contributed by atoms with Crippen molar-refractivity contribution < 1.29 is 0 Å². The van der Waals surface area contributed by atoms with E-state index in [-0.39, 0.29) is 0 Å². The Morgan fingerprint density at radius 2 is 2.08 bits per heavy atom. The van der Waals surface area contributed by atoms with Gasteiger partial charge in [-0.1, -0.05) is 6.92 Å². The maximum atomic E-state index is 5.93. The van der Waals surface area contributed by atoms with E-state index in [1.54, 1.807) is 0 Å². The summed E-state index contributed by atoms with van der Waals surface area (Å²) in [5.41, 5.74) is 5.93. The average molecular weight is 182 g/mol. The van der Waals surface area contributed by atoms with Gasteiger partial charge < -0.3 is 5.73 Å². The summed E-state index contributed by atoms with van der Waals surface area (Å²) < 4.78 is 0. The van der Waals surface area contributed by atoms with Crippen LogP contribution in [0.25, 0.3) is 0 Å². The van der Waals surface area contributed by atoms with Crippen LogP contribution in [0.5, 0.6) is 0 Å². The highest BCUT2D eigenvalue weighted by molar-refractivity contribution is 4.91. The fourth-order valence-electron chi connectivity index (χ4n) is 2.74. The highest BCUT2D eigenvalue weighted by atomic mass is 15.2. The maximum Gasteiger partial charge on any atom is 0.0121 e. The largest absolute Gasteiger partial charge is 0.328 e. The predicted octanol–water partition coefficient (Wildman–Crippen LogP) is 1.45. The lowest BCUT2D eigenvalue weighted by Gasteiger charge is -2.41. The molecule has 0 spiro atoms. The van der Waals surface area contributed by atoms with Gasteiger partial charge in [0.05, 0.1) is 0 Å². The summed E-state index contributed by atoms with van der Waals surface area (Å²) in [6, 6.07) is 1.28. The Hall–Kier alpha value is -0.0800. The van der Waals surface area contributed by atoms with Crippen LogP contribution in [-0.4, -0.2) is 30.1 Å². The molecule has 76 valence electrons. The van der Waals surface area contributed by atoms with Gasteiger partial charge in [0.15, 0.2) is 0 Å². The second-order valence-corrected chi connectivity index (χ2v) is 5.02. The molecule has 0 aromatic heterocycles. The average Bonchev–Trinajstić information content (AvgIpc) is 2.50. The van der Waals surface area contributed by atoms with Crippen molar-refractivity contribution in [1.29, 1.82) is 0 Å². The minimum atomic E-state index is 0.389. The SMILES string of the molecule is CC(N)C1CCN(C2CCC2C)C1. The minimum absolute atomic E-state index is 0.389. The van der Waals surface area contributed by atoms with Crippen molar-refractivity contribution in [3.8, 4) is 0 Å². The van der Waals surface area contributed by atoms with Gasteiger partial charge in [-0.15, -0.1) is 0 Å². The van der Waals surface area contributed by atoms with Gasteiger partial charge in [-0.2, -0.15) is 0 Å². The maximum absolute atomic E-state index is 5.93. The van der Waals surface area contributed by atoms with Gasteiger partial charge in [-0.3, -0.25) is 4.90 Å². The van der Waals surface area contributed by atoms with Crippen LogP contribution in [0.3, 0.4) is 0 Å². The van der Waals surface area contributed by atoms with Crippen LogP contribution < -0.4 is 5.73 Å². The van der Waals surface area contributed by atoms with Crippen molar-refractivity contribution in [2.24, 2.45) is 17.6 Å². The van der Waals surface area contributed by atoms with Crippen molar-refractivity contribution in [2.75, 3.05) is 13.1 Å². The molecule has 13 heavy (non-hydrogen) atoms. The molecule has 1 aliphatic carbocycles. The third-order valence-corrected chi connectivity index (χ3v) is 4.04. The molecular formula is C11H22N2. The van der Waals surface area contributed by atoms with E-state index in [4.69, 9.17) is 5.73 Å². The second kappa shape index (κ2) is 3.58. The number of likely N-dealkylation sites (tertiary alicyclic amines) is 1. The Kier molecular flexibility index (Phi) is 2.61. The molecule has 4 unspecified atom stereocenters. The molecule has 2 aliphatic rings. The zero-order valence-electron chi connectivity index (χ0n) is 8.87. The van der Waals surface area contributed by atoms with Crippen molar-refractivity contribution in [2.45, 2.75) is 45.2 Å². The number of rotatable bonds is 2. The van der Waals surface area contributed by atoms with E-state index < -0.39 is 0 Å². The Balaban J connectivity index is 1.84. The summed E-state index contributed by atoms with van der Waals surface area (Å²) in [5, 5.41) is 0. The Morgan fingerprint density at radius 1 is 1.31 bits per heavy atom. The highest BCUT2D eigenvalue weighted by Gasteiger charge is 2.36. The summed E-state index contributed by atoms with van der Waals surface area (Å²) in [6.07, 6.45) is 4.18. The van der Waals surface area contributed by atoms with Gasteiger partial charge in [0.25, 0.3) is 0 Å². The van der Waals surface area contributed by atoms with Crippen molar-refractivity contribution in [3.05, 3.63) is 0 Å². The molecule has 4 atom stereocenters. The van der Waals surface area contributed by atoms with E-state index in [9.17, 15) is 0 Å². The Morgan fingerprint density at radius 3 is 2.46 bits per heavy atom. The molecule has 0 bridgehead atoms. The summed E-state index contributed by atoms with van der Waals surface area (Å²) in [7, 11) is 0. The first-order chi connectivity index (χ1) is 6.18. The molecule has 0 amide bonds. The van der Waals surface area contributed by atoms with E-state index in [0.29, 0.717) is 6.04 Å². The molecule has 2 N–H and O–H groups in total. The Labute approximate surface area is 81.5 Å². The molecule has 2 nitrogen and oxygen atoms in total. The molecule has 0 aromatic carbocycles. The van der Waals surface area contributed by atoms with Gasteiger partial charge in [0.1, 0.15) is 0 Å². The van der Waals surface area contributed by atoms with Crippen LogP contribution in [0, 0.1) is 11.8 Å². The Bertz CT molecular complexity index is 179. The third kappa shape index (κ3) is 1.75. The molecule has 1 aliphatic heterocycles. The monoisotopic (exact) mass is 182 g/mol. The number of nitrogens with zero attached hydrogens (tertiary/aromatic N) is 1. The quantitative estimate of drug-likeness (QED) is 0.700. The molecule has 1 saturated heterocycles.